The van der Waals surface area contributed by atoms with Crippen LogP contribution in [0.3, 0.4) is 0 Å². The average molecular weight is 369 g/mol. The predicted octanol–water partition coefficient (Wildman–Crippen LogP) is 0.557. The molecule has 19 heavy (non-hydrogen) atoms. The molecule has 0 aromatic carbocycles. The number of rotatable bonds is 4. The maximum Gasteiger partial charge on any atom is 0.242 e. The Hall–Kier alpha value is -0.510. The minimum absolute atomic E-state index is 0.0479. The van der Waals surface area contributed by atoms with E-state index in [1.165, 1.54) is 18.5 Å². The molecule has 1 aromatic rings. The molecule has 0 bridgehead atoms. The van der Waals surface area contributed by atoms with Crippen molar-refractivity contribution in [2.24, 2.45) is 5.92 Å². The second-order valence-electron chi connectivity index (χ2n) is 4.46. The van der Waals surface area contributed by atoms with Gasteiger partial charge in [-0.3, -0.25) is 4.98 Å². The molecule has 1 atom stereocenters. The van der Waals surface area contributed by atoms with Crippen molar-refractivity contribution in [3.8, 4) is 0 Å². The van der Waals surface area contributed by atoms with Crippen LogP contribution in [0.4, 0.5) is 0 Å². The second kappa shape index (κ2) is 5.47. The lowest BCUT2D eigenvalue weighted by molar-refractivity contribution is 0.543. The van der Waals surface area contributed by atoms with Crippen molar-refractivity contribution in [1.29, 1.82) is 0 Å². The Kier molecular flexibility index (Phi) is 4.29. The molecule has 0 aliphatic carbocycles. The van der Waals surface area contributed by atoms with Gasteiger partial charge in [-0.15, -0.1) is 0 Å². The van der Waals surface area contributed by atoms with Crippen LogP contribution in [-0.2, 0) is 19.9 Å². The van der Waals surface area contributed by atoms with Crippen molar-refractivity contribution in [3.63, 3.8) is 0 Å². The van der Waals surface area contributed by atoms with Crippen LogP contribution in [0.5, 0.6) is 0 Å². The van der Waals surface area contributed by atoms with Gasteiger partial charge in [-0.25, -0.2) is 21.6 Å². The third kappa shape index (κ3) is 3.98. The van der Waals surface area contributed by atoms with Crippen LogP contribution in [0.25, 0.3) is 0 Å². The standard InChI is InChI=1S/C10H13BrN2O4S2/c11-9-3-10(6-12-5-9)19(16,17)13-4-8-1-2-18(14,15)7-8/h3,5-6,8,13H,1-2,4,7H2. The topological polar surface area (TPSA) is 93.2 Å². The highest BCUT2D eigenvalue weighted by Crippen LogP contribution is 2.19. The van der Waals surface area contributed by atoms with Crippen LogP contribution in [0.15, 0.2) is 27.8 Å². The maximum absolute atomic E-state index is 12.0. The van der Waals surface area contributed by atoms with Gasteiger partial charge in [0.25, 0.3) is 0 Å². The fourth-order valence-corrected chi connectivity index (χ4v) is 5.36. The number of nitrogens with one attached hydrogen (secondary N) is 1. The zero-order chi connectivity index (χ0) is 14.1. The molecule has 1 unspecified atom stereocenters. The molecule has 2 rings (SSSR count). The molecule has 106 valence electrons. The van der Waals surface area contributed by atoms with Gasteiger partial charge in [-0.1, -0.05) is 0 Å². The van der Waals surface area contributed by atoms with E-state index in [4.69, 9.17) is 0 Å². The van der Waals surface area contributed by atoms with Crippen LogP contribution in [0.1, 0.15) is 6.42 Å². The van der Waals surface area contributed by atoms with E-state index in [9.17, 15) is 16.8 Å². The van der Waals surface area contributed by atoms with Gasteiger partial charge in [0.15, 0.2) is 9.84 Å². The summed E-state index contributed by atoms with van der Waals surface area (Å²) in [6.45, 7) is 0.133. The Labute approximate surface area is 120 Å². The van der Waals surface area contributed by atoms with E-state index in [0.29, 0.717) is 10.9 Å². The van der Waals surface area contributed by atoms with E-state index in [2.05, 4.69) is 25.6 Å². The van der Waals surface area contributed by atoms with Gasteiger partial charge < -0.3 is 0 Å². The van der Waals surface area contributed by atoms with Gasteiger partial charge in [0.05, 0.1) is 11.5 Å². The number of halogens is 1. The van der Waals surface area contributed by atoms with E-state index in [1.807, 2.05) is 0 Å². The van der Waals surface area contributed by atoms with Crippen LogP contribution < -0.4 is 4.72 Å². The van der Waals surface area contributed by atoms with Crippen LogP contribution in [0, 0.1) is 5.92 Å². The monoisotopic (exact) mass is 368 g/mol. The normalized spacial score (nSPS) is 22.5. The van der Waals surface area contributed by atoms with Gasteiger partial charge in [-0.2, -0.15) is 0 Å². The smallest absolute Gasteiger partial charge is 0.242 e. The SMILES string of the molecule is O=S1(=O)CCC(CNS(=O)(=O)c2cncc(Br)c2)C1. The van der Waals surface area contributed by atoms with Crippen molar-refractivity contribution >= 4 is 35.8 Å². The Balaban J connectivity index is 2.03. The summed E-state index contributed by atoms with van der Waals surface area (Å²) in [6.07, 6.45) is 3.24. The highest BCUT2D eigenvalue weighted by Gasteiger charge is 2.29. The summed E-state index contributed by atoms with van der Waals surface area (Å²) < 4.78 is 49.5. The van der Waals surface area contributed by atoms with Crippen molar-refractivity contribution in [1.82, 2.24) is 9.71 Å². The van der Waals surface area contributed by atoms with Gasteiger partial charge in [0.1, 0.15) is 4.90 Å². The summed E-state index contributed by atoms with van der Waals surface area (Å²) in [5, 5.41) is 0. The number of sulfonamides is 1. The predicted molar refractivity (Wildman–Crippen MR) is 73.9 cm³/mol. The molecule has 6 nitrogen and oxygen atoms in total. The lowest BCUT2D eigenvalue weighted by atomic mass is 10.1. The number of nitrogens with zero attached hydrogens (tertiary/aromatic N) is 1. The summed E-state index contributed by atoms with van der Waals surface area (Å²) >= 11 is 3.15. The Morgan fingerprint density at radius 3 is 2.74 bits per heavy atom. The van der Waals surface area contributed by atoms with Gasteiger partial charge >= 0.3 is 0 Å². The summed E-state index contributed by atoms with van der Waals surface area (Å²) in [5.41, 5.74) is 0. The third-order valence-electron chi connectivity index (χ3n) is 2.88. The first-order valence-corrected chi connectivity index (χ1v) is 9.69. The number of aromatic nitrogens is 1. The summed E-state index contributed by atoms with van der Waals surface area (Å²) in [4.78, 5) is 3.85. The number of hydrogen-bond acceptors (Lipinski definition) is 5. The van der Waals surface area contributed by atoms with Crippen molar-refractivity contribution in [2.45, 2.75) is 11.3 Å². The fourth-order valence-electron chi connectivity index (χ4n) is 1.88. The minimum Gasteiger partial charge on any atom is -0.262 e. The third-order valence-corrected chi connectivity index (χ3v) is 6.54. The molecule has 1 aromatic heterocycles. The van der Waals surface area contributed by atoms with Crippen LogP contribution in [0.2, 0.25) is 0 Å². The van der Waals surface area contributed by atoms with E-state index in [0.717, 1.165) is 0 Å². The van der Waals surface area contributed by atoms with Gasteiger partial charge in [0.2, 0.25) is 10.0 Å². The van der Waals surface area contributed by atoms with Crippen LogP contribution in [-0.4, -0.2) is 39.9 Å². The first-order valence-electron chi connectivity index (χ1n) is 5.59. The molecule has 2 heterocycles. The molecule has 1 aliphatic heterocycles. The number of sulfone groups is 1. The summed E-state index contributed by atoms with van der Waals surface area (Å²) in [5.74, 6) is 0.0317. The molecule has 0 radical (unpaired) electrons. The van der Waals surface area contributed by atoms with E-state index < -0.39 is 19.9 Å². The molecule has 0 amide bonds. The lowest BCUT2D eigenvalue weighted by Crippen LogP contribution is -2.30. The van der Waals surface area contributed by atoms with Crippen molar-refractivity contribution in [2.75, 3.05) is 18.1 Å². The first kappa shape index (κ1) is 14.9. The van der Waals surface area contributed by atoms with E-state index >= 15 is 0 Å². The first-order chi connectivity index (χ1) is 8.78. The maximum atomic E-state index is 12.0. The Morgan fingerprint density at radius 2 is 2.16 bits per heavy atom. The molecule has 1 N–H and O–H groups in total. The van der Waals surface area contributed by atoms with Crippen molar-refractivity contribution < 1.29 is 16.8 Å². The molecule has 1 aliphatic rings. The Morgan fingerprint density at radius 1 is 1.42 bits per heavy atom. The second-order valence-corrected chi connectivity index (χ2v) is 9.37. The molecule has 9 heteroatoms. The lowest BCUT2D eigenvalue weighted by Gasteiger charge is -2.10. The van der Waals surface area contributed by atoms with Gasteiger partial charge in [-0.05, 0) is 34.3 Å². The average Bonchev–Trinajstić information content (AvgIpc) is 2.67. The van der Waals surface area contributed by atoms with E-state index in [-0.39, 0.29) is 28.9 Å². The largest absolute Gasteiger partial charge is 0.262 e. The summed E-state index contributed by atoms with van der Waals surface area (Å²) in [6, 6.07) is 1.45. The Bertz CT molecular complexity index is 673. The molecule has 1 fully saturated rings. The summed E-state index contributed by atoms with van der Waals surface area (Å²) in [7, 11) is -6.63. The van der Waals surface area contributed by atoms with E-state index in [1.54, 1.807) is 0 Å². The number of pyridine rings is 1. The number of hydrogen-bond donors (Lipinski definition) is 1. The fraction of sp³-hybridized carbons (Fsp3) is 0.500. The molecular formula is C10H13BrN2O4S2. The highest BCUT2D eigenvalue weighted by atomic mass is 79.9. The molecule has 0 saturated carbocycles. The van der Waals surface area contributed by atoms with Crippen molar-refractivity contribution in [3.05, 3.63) is 22.9 Å². The zero-order valence-corrected chi connectivity index (χ0v) is 13.1. The molecule has 0 spiro atoms. The van der Waals surface area contributed by atoms with Gasteiger partial charge in [0, 0.05) is 23.4 Å². The quantitative estimate of drug-likeness (QED) is 0.837. The van der Waals surface area contributed by atoms with Crippen LogP contribution >= 0.6 is 15.9 Å². The minimum atomic E-state index is -3.64. The zero-order valence-electron chi connectivity index (χ0n) is 9.91. The molecular weight excluding hydrogens is 356 g/mol. The highest BCUT2D eigenvalue weighted by molar-refractivity contribution is 9.10. The molecule has 1 saturated heterocycles.